The van der Waals surface area contributed by atoms with Crippen LogP contribution in [0.25, 0.3) is 22.6 Å². The average Bonchev–Trinajstić information content (AvgIpc) is 3.22. The summed E-state index contributed by atoms with van der Waals surface area (Å²) in [7, 11) is 1.78. The van der Waals surface area contributed by atoms with Crippen LogP contribution in [0.1, 0.15) is 0 Å². The third kappa shape index (κ3) is 2.80. The fourth-order valence-electron chi connectivity index (χ4n) is 2.48. The normalized spacial score (nSPS) is 11.2. The molecule has 0 unspecified atom stereocenters. The number of nitro benzene ring substituents is 1. The molecule has 4 rings (SSSR count). The highest BCUT2D eigenvalue weighted by atomic mass is 32.2. The molecule has 3 aromatic heterocycles. The van der Waals surface area contributed by atoms with Crippen LogP contribution < -0.4 is 0 Å². The third-order valence-electron chi connectivity index (χ3n) is 3.74. The van der Waals surface area contributed by atoms with Gasteiger partial charge in [0.05, 0.1) is 27.0 Å². The SMILES string of the molecule is Cn1ccnc1Sc1cc(-c2nc3ncccc3[nH]2)c([N+](=O)[O-])cc1F. The van der Waals surface area contributed by atoms with Crippen molar-refractivity contribution in [3.05, 3.63) is 58.8 Å². The van der Waals surface area contributed by atoms with Gasteiger partial charge in [-0.3, -0.25) is 10.1 Å². The summed E-state index contributed by atoms with van der Waals surface area (Å²) in [6.45, 7) is 0. The van der Waals surface area contributed by atoms with E-state index in [1.54, 1.807) is 42.3 Å². The minimum Gasteiger partial charge on any atom is -0.336 e. The van der Waals surface area contributed by atoms with E-state index in [1.165, 1.54) is 6.07 Å². The van der Waals surface area contributed by atoms with Crippen LogP contribution in [0.3, 0.4) is 0 Å². The minimum absolute atomic E-state index is 0.186. The molecule has 0 spiro atoms. The van der Waals surface area contributed by atoms with Gasteiger partial charge in [-0.2, -0.15) is 0 Å². The highest BCUT2D eigenvalue weighted by molar-refractivity contribution is 7.99. The number of nitrogens with zero attached hydrogens (tertiary/aromatic N) is 5. The number of pyridine rings is 1. The van der Waals surface area contributed by atoms with Crippen LogP contribution in [0.4, 0.5) is 10.1 Å². The molecule has 8 nitrogen and oxygen atoms in total. The lowest BCUT2D eigenvalue weighted by molar-refractivity contribution is -0.384. The summed E-state index contributed by atoms with van der Waals surface area (Å²) in [6, 6.07) is 5.80. The van der Waals surface area contributed by atoms with E-state index < -0.39 is 10.7 Å². The second-order valence-electron chi connectivity index (χ2n) is 5.44. The molecular weight excluding hydrogens is 359 g/mol. The molecule has 0 bridgehead atoms. The highest BCUT2D eigenvalue weighted by Gasteiger charge is 2.23. The number of fused-ring (bicyclic) bond motifs is 1. The largest absolute Gasteiger partial charge is 0.336 e. The Morgan fingerprint density at radius 1 is 1.31 bits per heavy atom. The van der Waals surface area contributed by atoms with Crippen molar-refractivity contribution in [3.8, 4) is 11.4 Å². The number of aryl methyl sites for hydroxylation is 1. The lowest BCUT2D eigenvalue weighted by atomic mass is 10.1. The number of nitrogens with one attached hydrogen (secondary N) is 1. The Morgan fingerprint density at radius 3 is 2.85 bits per heavy atom. The van der Waals surface area contributed by atoms with Crippen LogP contribution >= 0.6 is 11.8 Å². The monoisotopic (exact) mass is 370 g/mol. The van der Waals surface area contributed by atoms with E-state index in [2.05, 4.69) is 19.9 Å². The van der Waals surface area contributed by atoms with E-state index in [4.69, 9.17) is 0 Å². The van der Waals surface area contributed by atoms with Crippen molar-refractivity contribution in [1.29, 1.82) is 0 Å². The Hall–Kier alpha value is -3.27. The molecule has 0 fully saturated rings. The summed E-state index contributed by atoms with van der Waals surface area (Å²) in [4.78, 5) is 26.5. The van der Waals surface area contributed by atoms with E-state index in [-0.39, 0.29) is 22.0 Å². The zero-order chi connectivity index (χ0) is 18.3. The number of H-pyrrole nitrogens is 1. The molecule has 26 heavy (non-hydrogen) atoms. The van der Waals surface area contributed by atoms with E-state index >= 15 is 0 Å². The first-order valence-electron chi connectivity index (χ1n) is 7.47. The molecule has 0 aliphatic carbocycles. The van der Waals surface area contributed by atoms with Gasteiger partial charge in [-0.05, 0) is 30.0 Å². The number of hydrogen-bond donors (Lipinski definition) is 1. The first-order chi connectivity index (χ1) is 12.5. The minimum atomic E-state index is -0.692. The Bertz CT molecular complexity index is 1110. The Kier molecular flexibility index (Phi) is 3.88. The summed E-state index contributed by atoms with van der Waals surface area (Å²) in [5.41, 5.74) is 0.885. The Balaban J connectivity index is 1.87. The van der Waals surface area contributed by atoms with Gasteiger partial charge in [-0.1, -0.05) is 0 Å². The molecule has 130 valence electrons. The van der Waals surface area contributed by atoms with E-state index in [0.29, 0.717) is 16.3 Å². The van der Waals surface area contributed by atoms with Crippen molar-refractivity contribution < 1.29 is 9.31 Å². The maximum atomic E-state index is 14.4. The highest BCUT2D eigenvalue weighted by Crippen LogP contribution is 2.37. The molecular formula is C16H11FN6O2S. The lowest BCUT2D eigenvalue weighted by Gasteiger charge is -2.06. The number of rotatable bonds is 4. The van der Waals surface area contributed by atoms with Crippen molar-refractivity contribution >= 4 is 28.6 Å². The first kappa shape index (κ1) is 16.2. The number of halogens is 1. The fraction of sp³-hybridized carbons (Fsp3) is 0.0625. The Labute approximate surface area is 150 Å². The molecule has 0 radical (unpaired) electrons. The average molecular weight is 370 g/mol. The van der Waals surface area contributed by atoms with Crippen molar-refractivity contribution in [3.63, 3.8) is 0 Å². The van der Waals surface area contributed by atoms with Crippen LogP contribution in [0.5, 0.6) is 0 Å². The van der Waals surface area contributed by atoms with Gasteiger partial charge >= 0.3 is 0 Å². The van der Waals surface area contributed by atoms with E-state index in [0.717, 1.165) is 17.8 Å². The molecule has 0 saturated carbocycles. The van der Waals surface area contributed by atoms with Crippen LogP contribution in [0.15, 0.2) is 52.9 Å². The van der Waals surface area contributed by atoms with Crippen molar-refractivity contribution in [2.24, 2.45) is 7.05 Å². The van der Waals surface area contributed by atoms with Gasteiger partial charge in [0.2, 0.25) is 0 Å². The maximum Gasteiger partial charge on any atom is 0.283 e. The van der Waals surface area contributed by atoms with Gasteiger partial charge in [0, 0.05) is 25.6 Å². The number of aromatic amines is 1. The summed E-state index contributed by atoms with van der Waals surface area (Å²) in [5, 5.41) is 12.0. The number of hydrogen-bond acceptors (Lipinski definition) is 6. The van der Waals surface area contributed by atoms with E-state index in [1.807, 2.05) is 0 Å². The second kappa shape index (κ2) is 6.23. The van der Waals surface area contributed by atoms with Gasteiger partial charge < -0.3 is 9.55 Å². The molecule has 0 atom stereocenters. The van der Waals surface area contributed by atoms with E-state index in [9.17, 15) is 14.5 Å². The van der Waals surface area contributed by atoms with Gasteiger partial charge in [-0.15, -0.1) is 0 Å². The Morgan fingerprint density at radius 2 is 2.15 bits per heavy atom. The van der Waals surface area contributed by atoms with Crippen molar-refractivity contribution in [2.75, 3.05) is 0 Å². The molecule has 0 amide bonds. The number of aromatic nitrogens is 5. The second-order valence-corrected chi connectivity index (χ2v) is 6.45. The zero-order valence-corrected chi connectivity index (χ0v) is 14.2. The quantitative estimate of drug-likeness (QED) is 0.435. The number of benzene rings is 1. The summed E-state index contributed by atoms with van der Waals surface area (Å²) in [5.74, 6) is -0.435. The predicted octanol–water partition coefficient (Wildman–Crippen LogP) is 3.56. The van der Waals surface area contributed by atoms with Crippen LogP contribution in [0.2, 0.25) is 0 Å². The fourth-order valence-corrected chi connectivity index (χ4v) is 3.33. The summed E-state index contributed by atoms with van der Waals surface area (Å²) in [6.07, 6.45) is 4.91. The third-order valence-corrected chi connectivity index (χ3v) is 4.85. The molecule has 0 aliphatic rings. The topological polar surface area (TPSA) is 103 Å². The van der Waals surface area contributed by atoms with Crippen molar-refractivity contribution in [1.82, 2.24) is 24.5 Å². The van der Waals surface area contributed by atoms with Gasteiger partial charge in [0.1, 0.15) is 11.6 Å². The van der Waals surface area contributed by atoms with Crippen molar-refractivity contribution in [2.45, 2.75) is 10.1 Å². The predicted molar refractivity (Wildman–Crippen MR) is 93.3 cm³/mol. The number of imidazole rings is 2. The van der Waals surface area contributed by atoms with Crippen LogP contribution in [-0.4, -0.2) is 29.4 Å². The first-order valence-corrected chi connectivity index (χ1v) is 8.29. The molecule has 0 aliphatic heterocycles. The van der Waals surface area contributed by atoms with Gasteiger partial charge in [0.15, 0.2) is 10.8 Å². The molecule has 3 heterocycles. The summed E-state index contributed by atoms with van der Waals surface area (Å²) >= 11 is 1.08. The zero-order valence-electron chi connectivity index (χ0n) is 13.4. The van der Waals surface area contributed by atoms with Gasteiger partial charge in [-0.25, -0.2) is 19.3 Å². The standard InChI is InChI=1S/C16H11FN6O2S/c1-22-6-5-19-16(22)26-13-7-9(12(23(24)25)8-10(13)17)14-20-11-3-2-4-18-15(11)21-14/h2-8H,1H3,(H,18,20,21). The smallest absolute Gasteiger partial charge is 0.283 e. The molecule has 1 N–H and O–H groups in total. The van der Waals surface area contributed by atoms with Gasteiger partial charge in [0.25, 0.3) is 5.69 Å². The lowest BCUT2D eigenvalue weighted by Crippen LogP contribution is -1.97. The molecule has 1 aromatic carbocycles. The van der Waals surface area contributed by atoms with Crippen LogP contribution in [-0.2, 0) is 7.05 Å². The summed E-state index contributed by atoms with van der Waals surface area (Å²) < 4.78 is 16.2. The van der Waals surface area contributed by atoms with Crippen LogP contribution in [0, 0.1) is 15.9 Å². The molecule has 4 aromatic rings. The molecule has 10 heteroatoms. The number of nitro groups is 1. The maximum absolute atomic E-state index is 14.4. The molecule has 0 saturated heterocycles.